The zero-order valence-electron chi connectivity index (χ0n) is 5.41. The molecule has 0 saturated carbocycles. The maximum absolute atomic E-state index is 3.47. The van der Waals surface area contributed by atoms with Crippen LogP contribution in [0.1, 0.15) is 25.2 Å². The van der Waals surface area contributed by atoms with Gasteiger partial charge in [0.2, 0.25) is 0 Å². The SMILES string of the molecule is Cn1n2n1C1CCC2N1. The molecule has 0 amide bonds. The van der Waals surface area contributed by atoms with Crippen LogP contribution in [0.2, 0.25) is 0 Å². The molecule has 1 fully saturated rings. The van der Waals surface area contributed by atoms with Crippen molar-refractivity contribution in [1.82, 2.24) is 19.7 Å². The number of nitrogens with one attached hydrogen (secondary N) is 1. The second-order valence-corrected chi connectivity index (χ2v) is 2.91. The third-order valence-corrected chi connectivity index (χ3v) is 2.43. The van der Waals surface area contributed by atoms with Crippen molar-refractivity contribution in [3.8, 4) is 0 Å². The Kier molecular flexibility index (Phi) is 0.463. The van der Waals surface area contributed by atoms with Crippen LogP contribution in [0.4, 0.5) is 0 Å². The summed E-state index contributed by atoms with van der Waals surface area (Å²) in [7, 11) is 2.10. The van der Waals surface area contributed by atoms with Crippen LogP contribution in [-0.4, -0.2) is 14.4 Å². The van der Waals surface area contributed by atoms with E-state index in [-0.39, 0.29) is 0 Å². The molecule has 50 valence electrons. The first-order valence-electron chi connectivity index (χ1n) is 3.46. The van der Waals surface area contributed by atoms with Crippen molar-refractivity contribution in [2.45, 2.75) is 25.2 Å². The summed E-state index contributed by atoms with van der Waals surface area (Å²) in [4.78, 5) is 6.72. The Morgan fingerprint density at radius 2 is 1.78 bits per heavy atom. The molecule has 3 rings (SSSR count). The van der Waals surface area contributed by atoms with Gasteiger partial charge in [0.05, 0.1) is 0 Å². The van der Waals surface area contributed by atoms with Crippen molar-refractivity contribution in [1.29, 1.82) is 0 Å². The van der Waals surface area contributed by atoms with Crippen LogP contribution in [0.15, 0.2) is 0 Å². The van der Waals surface area contributed by atoms with Gasteiger partial charge in [0.25, 0.3) is 0 Å². The summed E-state index contributed by atoms with van der Waals surface area (Å²) in [5.74, 6) is 0. The maximum atomic E-state index is 3.47. The molecule has 2 bridgehead atoms. The van der Waals surface area contributed by atoms with Gasteiger partial charge in [-0.15, -0.1) is 0 Å². The van der Waals surface area contributed by atoms with Crippen LogP contribution < -0.4 is 5.32 Å². The van der Waals surface area contributed by atoms with Crippen LogP contribution in [0.3, 0.4) is 0 Å². The average Bonchev–Trinajstić information content (AvgIpc) is 2.29. The highest BCUT2D eigenvalue weighted by Crippen LogP contribution is 2.37. The third kappa shape index (κ3) is 0.304. The Morgan fingerprint density at radius 1 is 1.22 bits per heavy atom. The van der Waals surface area contributed by atoms with Gasteiger partial charge in [-0.05, 0) is 12.8 Å². The Balaban J connectivity index is 2.15. The molecule has 0 radical (unpaired) electrons. The van der Waals surface area contributed by atoms with Gasteiger partial charge < -0.3 is 0 Å². The molecule has 2 atom stereocenters. The fourth-order valence-electron chi connectivity index (χ4n) is 1.98. The zero-order valence-corrected chi connectivity index (χ0v) is 5.41. The number of fused-ring (bicyclic) bond motifs is 5. The summed E-state index contributed by atoms with van der Waals surface area (Å²) in [6.45, 7) is 0. The second-order valence-electron chi connectivity index (χ2n) is 2.91. The summed E-state index contributed by atoms with van der Waals surface area (Å²) in [5, 5.41) is 3.47. The Bertz CT molecular complexity index is 218. The molecule has 2 aliphatic rings. The molecule has 4 nitrogen and oxygen atoms in total. The van der Waals surface area contributed by atoms with Gasteiger partial charge in [0, 0.05) is 7.05 Å². The Morgan fingerprint density at radius 3 is 2.22 bits per heavy atom. The third-order valence-electron chi connectivity index (χ3n) is 2.43. The van der Waals surface area contributed by atoms with E-state index in [0.717, 1.165) is 0 Å². The fraction of sp³-hybridized carbons (Fsp3) is 1.00. The number of rotatable bonds is 0. The van der Waals surface area contributed by atoms with Crippen molar-refractivity contribution in [2.24, 2.45) is 7.05 Å². The van der Waals surface area contributed by atoms with E-state index in [1.807, 2.05) is 0 Å². The van der Waals surface area contributed by atoms with Crippen LogP contribution >= 0.6 is 0 Å². The van der Waals surface area contributed by atoms with Crippen molar-refractivity contribution in [3.05, 3.63) is 0 Å². The predicted molar refractivity (Wildman–Crippen MR) is 31.8 cm³/mol. The van der Waals surface area contributed by atoms with E-state index in [4.69, 9.17) is 0 Å². The molecule has 1 N–H and O–H groups in total. The van der Waals surface area contributed by atoms with Gasteiger partial charge in [-0.25, -0.2) is 0 Å². The van der Waals surface area contributed by atoms with Crippen molar-refractivity contribution in [3.63, 3.8) is 0 Å². The lowest BCUT2D eigenvalue weighted by Gasteiger charge is -1.99. The number of aromatic nitrogens is 3. The molecule has 1 aromatic rings. The van der Waals surface area contributed by atoms with Gasteiger partial charge in [0.15, 0.2) is 0 Å². The highest BCUT2D eigenvalue weighted by atomic mass is 16.0. The lowest BCUT2D eigenvalue weighted by Crippen LogP contribution is -2.16. The van der Waals surface area contributed by atoms with E-state index >= 15 is 0 Å². The maximum Gasteiger partial charge on any atom is 0.122 e. The van der Waals surface area contributed by atoms with E-state index in [9.17, 15) is 0 Å². The van der Waals surface area contributed by atoms with Crippen LogP contribution in [0.5, 0.6) is 0 Å². The smallest absolute Gasteiger partial charge is 0.122 e. The van der Waals surface area contributed by atoms with Gasteiger partial charge in [0.1, 0.15) is 12.3 Å². The minimum absolute atomic E-state index is 0.625. The van der Waals surface area contributed by atoms with Crippen molar-refractivity contribution < 1.29 is 0 Å². The van der Waals surface area contributed by atoms with E-state index in [2.05, 4.69) is 26.8 Å². The molecule has 1 aromatic heterocycles. The molecule has 1 saturated heterocycles. The molecule has 2 unspecified atom stereocenters. The standard InChI is InChI=1S/C5H10N4/c1-7-8-4-2-3-5(6-4)9(7)8/h4-6H,2-3H2,1H3. The number of nitrogens with zero attached hydrogens (tertiary/aromatic N) is 3. The summed E-state index contributed by atoms with van der Waals surface area (Å²) in [6, 6.07) is 0. The lowest BCUT2D eigenvalue weighted by atomic mass is 10.3. The van der Waals surface area contributed by atoms with Gasteiger partial charge in [-0.1, -0.05) is 0 Å². The van der Waals surface area contributed by atoms with E-state index in [1.165, 1.54) is 12.8 Å². The van der Waals surface area contributed by atoms with Crippen molar-refractivity contribution >= 4 is 0 Å². The van der Waals surface area contributed by atoms with Crippen molar-refractivity contribution in [2.75, 3.05) is 0 Å². The first kappa shape index (κ1) is 4.22. The molecule has 2 aliphatic heterocycles. The zero-order chi connectivity index (χ0) is 6.01. The first-order chi connectivity index (χ1) is 4.38. The molecule has 0 aromatic carbocycles. The van der Waals surface area contributed by atoms with Gasteiger partial charge in [-0.3, -0.25) is 5.32 Å². The quantitative estimate of drug-likeness (QED) is 0.521. The molecular formula is C5H10N4. The summed E-state index contributed by atoms with van der Waals surface area (Å²) >= 11 is 0. The summed E-state index contributed by atoms with van der Waals surface area (Å²) in [5.41, 5.74) is 0. The highest BCUT2D eigenvalue weighted by molar-refractivity contribution is 4.87. The van der Waals surface area contributed by atoms with Crippen LogP contribution in [0, 0.1) is 0 Å². The molecule has 9 heavy (non-hydrogen) atoms. The fourth-order valence-corrected chi connectivity index (χ4v) is 1.98. The largest absolute Gasteiger partial charge is 0.271 e. The first-order valence-corrected chi connectivity index (χ1v) is 3.46. The normalized spacial score (nSPS) is 38.3. The summed E-state index contributed by atoms with van der Waals surface area (Å²) in [6.07, 6.45) is 3.87. The van der Waals surface area contributed by atoms with E-state index < -0.39 is 0 Å². The Labute approximate surface area is 53.0 Å². The monoisotopic (exact) mass is 126 g/mol. The molecular weight excluding hydrogens is 116 g/mol. The van der Waals surface area contributed by atoms with Crippen LogP contribution in [0.25, 0.3) is 0 Å². The number of hydrogen-bond donors (Lipinski definition) is 1. The van der Waals surface area contributed by atoms with E-state index in [1.54, 1.807) is 0 Å². The Hall–Kier alpha value is -0.640. The van der Waals surface area contributed by atoms with Gasteiger partial charge >= 0.3 is 0 Å². The summed E-state index contributed by atoms with van der Waals surface area (Å²) < 4.78 is 0. The van der Waals surface area contributed by atoms with Gasteiger partial charge in [-0.2, -0.15) is 14.4 Å². The molecule has 0 aliphatic carbocycles. The number of hydrogen-bond acceptors (Lipinski definition) is 1. The predicted octanol–water partition coefficient (Wildman–Crippen LogP) is 0.0223. The van der Waals surface area contributed by atoms with Crippen LogP contribution in [-0.2, 0) is 7.05 Å². The lowest BCUT2D eigenvalue weighted by molar-refractivity contribution is 0.442. The molecule has 4 heteroatoms. The topological polar surface area (TPSA) is 26.8 Å². The second kappa shape index (κ2) is 0.988. The minimum atomic E-state index is 0.625. The van der Waals surface area contributed by atoms with E-state index in [0.29, 0.717) is 12.3 Å². The average molecular weight is 126 g/mol. The molecule has 3 heterocycles. The minimum Gasteiger partial charge on any atom is -0.271 e. The molecule has 0 spiro atoms. The highest BCUT2D eigenvalue weighted by Gasteiger charge is 2.42.